The third kappa shape index (κ3) is 4.25. The van der Waals surface area contributed by atoms with Crippen molar-refractivity contribution >= 4 is 61.6 Å². The Bertz CT molecular complexity index is 1270. The largest absolute Gasteiger partial charge is 0.336 e. The Morgan fingerprint density at radius 3 is 2.26 bits per heavy atom. The maximum absolute atomic E-state index is 13.1. The average molecular weight is 499 g/mol. The number of rotatable bonds is 3. The molecule has 0 bridgehead atoms. The van der Waals surface area contributed by atoms with Crippen molar-refractivity contribution in [2.24, 2.45) is 0 Å². The van der Waals surface area contributed by atoms with Gasteiger partial charge in [-0.3, -0.25) is 9.78 Å². The average Bonchev–Trinajstić information content (AvgIpc) is 2.73. The molecule has 1 amide bonds. The molecular formula is C21H18Cl3N3O3S. The zero-order valence-electron chi connectivity index (χ0n) is 16.5. The van der Waals surface area contributed by atoms with Crippen LogP contribution in [0.2, 0.25) is 15.1 Å². The highest BCUT2D eigenvalue weighted by Crippen LogP contribution is 2.32. The summed E-state index contributed by atoms with van der Waals surface area (Å²) in [7, 11) is -3.87. The van der Waals surface area contributed by atoms with Gasteiger partial charge < -0.3 is 4.90 Å². The number of fused-ring (bicyclic) bond motifs is 1. The molecule has 2 heterocycles. The molecule has 10 heteroatoms. The fraction of sp³-hybridized carbons (Fsp3) is 0.238. The number of nitrogens with zero attached hydrogens (tertiary/aromatic N) is 3. The highest BCUT2D eigenvalue weighted by Gasteiger charge is 2.33. The third-order valence-electron chi connectivity index (χ3n) is 5.24. The number of hydrogen-bond donors (Lipinski definition) is 0. The molecule has 0 atom stereocenters. The summed E-state index contributed by atoms with van der Waals surface area (Å²) in [5, 5.41) is 1.48. The molecule has 6 nitrogen and oxygen atoms in total. The normalized spacial score (nSPS) is 15.4. The molecular weight excluding hydrogens is 481 g/mol. The second-order valence-electron chi connectivity index (χ2n) is 7.21. The van der Waals surface area contributed by atoms with E-state index < -0.39 is 10.0 Å². The summed E-state index contributed by atoms with van der Waals surface area (Å²) in [5.41, 5.74) is 1.84. The fourth-order valence-electron chi connectivity index (χ4n) is 3.62. The molecule has 0 unspecified atom stereocenters. The molecule has 31 heavy (non-hydrogen) atoms. The molecule has 1 fully saturated rings. The number of aryl methyl sites for hydroxylation is 1. The molecule has 4 rings (SSSR count). The van der Waals surface area contributed by atoms with Gasteiger partial charge in [0, 0.05) is 36.6 Å². The second-order valence-corrected chi connectivity index (χ2v) is 10.3. The minimum atomic E-state index is -3.87. The predicted octanol–water partition coefficient (Wildman–Crippen LogP) is 4.65. The van der Waals surface area contributed by atoms with Crippen LogP contribution in [0.5, 0.6) is 0 Å². The molecule has 162 valence electrons. The summed E-state index contributed by atoms with van der Waals surface area (Å²) in [6.45, 7) is 2.55. The Labute approximate surface area is 195 Å². The molecule has 1 saturated heterocycles. The van der Waals surface area contributed by atoms with E-state index in [0.717, 1.165) is 10.9 Å². The van der Waals surface area contributed by atoms with Crippen LogP contribution < -0.4 is 0 Å². The smallest absolute Gasteiger partial charge is 0.255 e. The first kappa shape index (κ1) is 22.3. The number of aromatic nitrogens is 1. The van der Waals surface area contributed by atoms with E-state index in [4.69, 9.17) is 34.8 Å². The first-order valence-corrected chi connectivity index (χ1v) is 12.1. The first-order chi connectivity index (χ1) is 14.7. The summed E-state index contributed by atoms with van der Waals surface area (Å²) in [6, 6.07) is 11.7. The summed E-state index contributed by atoms with van der Waals surface area (Å²) >= 11 is 18.3. The number of sulfonamides is 1. The Kier molecular flexibility index (Phi) is 6.16. The number of carbonyl (C=O) groups is 1. The standard InChI is InChI=1S/C21H18Cl3N3O3S/c1-13-16(12-14-11-15(22)5-6-19(14)25-13)21(28)26-7-9-27(10-8-26)31(29,30)20-17(23)3-2-4-18(20)24/h2-6,11-12H,7-10H2,1H3. The number of amides is 1. The molecule has 0 radical (unpaired) electrons. The maximum atomic E-state index is 13.1. The summed E-state index contributed by atoms with van der Waals surface area (Å²) in [5.74, 6) is -0.195. The lowest BCUT2D eigenvalue weighted by Crippen LogP contribution is -2.50. The van der Waals surface area contributed by atoms with E-state index in [1.807, 2.05) is 6.07 Å². The molecule has 0 aliphatic carbocycles. The van der Waals surface area contributed by atoms with Crippen LogP contribution in [0.15, 0.2) is 47.4 Å². The van der Waals surface area contributed by atoms with E-state index in [2.05, 4.69) is 4.98 Å². The minimum absolute atomic E-state index is 0.0718. The molecule has 2 aromatic carbocycles. The van der Waals surface area contributed by atoms with Crippen molar-refractivity contribution < 1.29 is 13.2 Å². The van der Waals surface area contributed by atoms with Gasteiger partial charge >= 0.3 is 0 Å². The van der Waals surface area contributed by atoms with Crippen molar-refractivity contribution in [1.82, 2.24) is 14.2 Å². The lowest BCUT2D eigenvalue weighted by atomic mass is 10.1. The van der Waals surface area contributed by atoms with Crippen molar-refractivity contribution in [2.75, 3.05) is 26.2 Å². The monoisotopic (exact) mass is 497 g/mol. The topological polar surface area (TPSA) is 70.6 Å². The van der Waals surface area contributed by atoms with Gasteiger partial charge in [-0.25, -0.2) is 8.42 Å². The Morgan fingerprint density at radius 1 is 0.968 bits per heavy atom. The Morgan fingerprint density at radius 2 is 1.61 bits per heavy atom. The Balaban J connectivity index is 1.54. The molecule has 1 aromatic heterocycles. The van der Waals surface area contributed by atoms with Crippen LogP contribution in [0.3, 0.4) is 0 Å². The van der Waals surface area contributed by atoms with Crippen molar-refractivity contribution in [3.8, 4) is 0 Å². The number of pyridine rings is 1. The van der Waals surface area contributed by atoms with Gasteiger partial charge in [-0.2, -0.15) is 4.31 Å². The molecule has 0 spiro atoms. The van der Waals surface area contributed by atoms with Gasteiger partial charge in [0.1, 0.15) is 4.90 Å². The molecule has 1 aliphatic heterocycles. The van der Waals surface area contributed by atoms with E-state index in [1.54, 1.807) is 36.1 Å². The van der Waals surface area contributed by atoms with Crippen LogP contribution >= 0.6 is 34.8 Å². The highest BCUT2D eigenvalue weighted by molar-refractivity contribution is 7.89. The lowest BCUT2D eigenvalue weighted by Gasteiger charge is -2.34. The van der Waals surface area contributed by atoms with E-state index in [-0.39, 0.29) is 47.0 Å². The first-order valence-electron chi connectivity index (χ1n) is 9.49. The van der Waals surface area contributed by atoms with Gasteiger partial charge in [0.2, 0.25) is 10.0 Å². The SMILES string of the molecule is Cc1nc2ccc(Cl)cc2cc1C(=O)N1CCN(S(=O)(=O)c2c(Cl)cccc2Cl)CC1. The van der Waals surface area contributed by atoms with Gasteiger partial charge in [-0.05, 0) is 43.3 Å². The maximum Gasteiger partial charge on any atom is 0.255 e. The van der Waals surface area contributed by atoms with E-state index >= 15 is 0 Å². The van der Waals surface area contributed by atoms with Gasteiger partial charge in [-0.15, -0.1) is 0 Å². The number of piperazine rings is 1. The van der Waals surface area contributed by atoms with Crippen LogP contribution in [0.4, 0.5) is 0 Å². The number of hydrogen-bond acceptors (Lipinski definition) is 4. The summed E-state index contributed by atoms with van der Waals surface area (Å²) in [4.78, 5) is 19.1. The van der Waals surface area contributed by atoms with Gasteiger partial charge in [0.25, 0.3) is 5.91 Å². The van der Waals surface area contributed by atoms with Crippen LogP contribution in [-0.2, 0) is 10.0 Å². The Hall–Kier alpha value is -1.90. The van der Waals surface area contributed by atoms with Gasteiger partial charge in [-0.1, -0.05) is 40.9 Å². The van der Waals surface area contributed by atoms with Gasteiger partial charge in [0.05, 0.1) is 26.8 Å². The minimum Gasteiger partial charge on any atom is -0.336 e. The third-order valence-corrected chi connectivity index (χ3v) is 8.33. The van der Waals surface area contributed by atoms with Gasteiger partial charge in [0.15, 0.2) is 0 Å². The van der Waals surface area contributed by atoms with Crippen molar-refractivity contribution in [3.05, 3.63) is 68.8 Å². The van der Waals surface area contributed by atoms with Crippen LogP contribution in [0.25, 0.3) is 10.9 Å². The zero-order valence-corrected chi connectivity index (χ0v) is 19.6. The number of halogens is 3. The molecule has 0 N–H and O–H groups in total. The van der Waals surface area contributed by atoms with E-state index in [0.29, 0.717) is 16.3 Å². The predicted molar refractivity (Wildman–Crippen MR) is 123 cm³/mol. The zero-order chi connectivity index (χ0) is 22.3. The summed E-state index contributed by atoms with van der Waals surface area (Å²) in [6.07, 6.45) is 0. The summed E-state index contributed by atoms with van der Waals surface area (Å²) < 4.78 is 27.4. The highest BCUT2D eigenvalue weighted by atomic mass is 35.5. The fourth-order valence-corrected chi connectivity index (χ4v) is 6.31. The second kappa shape index (κ2) is 8.56. The molecule has 1 aliphatic rings. The quantitative estimate of drug-likeness (QED) is 0.527. The molecule has 3 aromatic rings. The van der Waals surface area contributed by atoms with E-state index in [9.17, 15) is 13.2 Å². The van der Waals surface area contributed by atoms with E-state index in [1.165, 1.54) is 16.4 Å². The molecule has 0 saturated carbocycles. The van der Waals surface area contributed by atoms with Crippen molar-refractivity contribution in [1.29, 1.82) is 0 Å². The van der Waals surface area contributed by atoms with Crippen molar-refractivity contribution in [2.45, 2.75) is 11.8 Å². The number of benzene rings is 2. The van der Waals surface area contributed by atoms with Crippen LogP contribution in [0.1, 0.15) is 16.1 Å². The number of carbonyl (C=O) groups excluding carboxylic acids is 1. The van der Waals surface area contributed by atoms with Crippen molar-refractivity contribution in [3.63, 3.8) is 0 Å². The van der Waals surface area contributed by atoms with Crippen LogP contribution in [0, 0.1) is 6.92 Å². The van der Waals surface area contributed by atoms with Crippen LogP contribution in [-0.4, -0.2) is 54.7 Å². The lowest BCUT2D eigenvalue weighted by molar-refractivity contribution is 0.0697.